The van der Waals surface area contributed by atoms with E-state index < -0.39 is 5.82 Å². The summed E-state index contributed by atoms with van der Waals surface area (Å²) in [5.41, 5.74) is 0. The molecular weight excluding hydrogens is 261 g/mol. The highest BCUT2D eigenvalue weighted by Crippen LogP contribution is 2.18. The first-order valence-electron chi connectivity index (χ1n) is 6.98. The van der Waals surface area contributed by atoms with Crippen LogP contribution in [0.3, 0.4) is 0 Å². The monoisotopic (exact) mass is 281 g/mol. The second-order valence-corrected chi connectivity index (χ2v) is 4.84. The van der Waals surface area contributed by atoms with Crippen molar-refractivity contribution in [2.75, 3.05) is 23.7 Å². The van der Waals surface area contributed by atoms with Gasteiger partial charge in [-0.25, -0.2) is 9.37 Å². The Morgan fingerprint density at radius 2 is 2.20 bits per heavy atom. The number of anilines is 2. The van der Waals surface area contributed by atoms with Crippen molar-refractivity contribution >= 4 is 17.7 Å². The Morgan fingerprint density at radius 3 is 2.90 bits per heavy atom. The van der Waals surface area contributed by atoms with Crippen LogP contribution in [0.15, 0.2) is 6.20 Å². The van der Waals surface area contributed by atoms with Gasteiger partial charge in [-0.3, -0.25) is 4.79 Å². The molecule has 0 aromatic carbocycles. The molecule has 1 fully saturated rings. The van der Waals surface area contributed by atoms with E-state index in [1.54, 1.807) is 0 Å². The predicted octanol–water partition coefficient (Wildman–Crippen LogP) is 1.52. The number of carbonyl (C=O) groups excluding carboxylic acids is 1. The summed E-state index contributed by atoms with van der Waals surface area (Å²) in [6, 6.07) is 0.350. The van der Waals surface area contributed by atoms with Crippen LogP contribution in [0, 0.1) is 5.82 Å². The van der Waals surface area contributed by atoms with E-state index in [2.05, 4.69) is 25.9 Å². The second kappa shape index (κ2) is 7.02. The standard InChI is InChI=1S/C13H20FN5O/c1-2-6-16-13-17-8-10(14)12(19-13)15-7-5-11(20)18-9-3-4-9/h8-9H,2-7H2,1H3,(H,18,20)(H2,15,16,17,19). The molecule has 0 radical (unpaired) electrons. The van der Waals surface area contributed by atoms with Gasteiger partial charge in [-0.2, -0.15) is 4.98 Å². The number of amides is 1. The number of carbonyl (C=O) groups is 1. The van der Waals surface area contributed by atoms with Crippen LogP contribution in [0.5, 0.6) is 0 Å². The van der Waals surface area contributed by atoms with Crippen LogP contribution < -0.4 is 16.0 Å². The van der Waals surface area contributed by atoms with Gasteiger partial charge in [0.15, 0.2) is 11.6 Å². The number of hydrogen-bond acceptors (Lipinski definition) is 5. The summed E-state index contributed by atoms with van der Waals surface area (Å²) in [5.74, 6) is -0.0237. The fourth-order valence-electron chi connectivity index (χ4n) is 1.64. The Labute approximate surface area is 117 Å². The zero-order valence-corrected chi connectivity index (χ0v) is 11.6. The van der Waals surface area contributed by atoms with E-state index in [9.17, 15) is 9.18 Å². The van der Waals surface area contributed by atoms with Crippen LogP contribution in [-0.2, 0) is 4.79 Å². The maximum atomic E-state index is 13.5. The van der Waals surface area contributed by atoms with Gasteiger partial charge >= 0.3 is 0 Å². The molecule has 1 heterocycles. The van der Waals surface area contributed by atoms with Gasteiger partial charge in [-0.05, 0) is 19.3 Å². The lowest BCUT2D eigenvalue weighted by molar-refractivity contribution is -0.120. The van der Waals surface area contributed by atoms with Crippen LogP contribution in [0.1, 0.15) is 32.6 Å². The Balaban J connectivity index is 1.79. The average molecular weight is 281 g/mol. The van der Waals surface area contributed by atoms with Crippen molar-refractivity contribution in [2.45, 2.75) is 38.6 Å². The highest BCUT2D eigenvalue weighted by atomic mass is 19.1. The first kappa shape index (κ1) is 14.5. The van der Waals surface area contributed by atoms with Crippen LogP contribution in [0.25, 0.3) is 0 Å². The lowest BCUT2D eigenvalue weighted by atomic mass is 10.4. The third-order valence-electron chi connectivity index (χ3n) is 2.86. The number of rotatable bonds is 8. The molecule has 7 heteroatoms. The number of nitrogens with zero attached hydrogens (tertiary/aromatic N) is 2. The highest BCUT2D eigenvalue weighted by molar-refractivity contribution is 5.77. The van der Waals surface area contributed by atoms with Crippen molar-refractivity contribution in [3.8, 4) is 0 Å². The summed E-state index contributed by atoms with van der Waals surface area (Å²) < 4.78 is 13.5. The molecule has 0 bridgehead atoms. The first-order valence-corrected chi connectivity index (χ1v) is 6.98. The first-order chi connectivity index (χ1) is 9.69. The van der Waals surface area contributed by atoms with E-state index in [1.165, 1.54) is 0 Å². The summed E-state index contributed by atoms with van der Waals surface area (Å²) in [7, 11) is 0. The third-order valence-corrected chi connectivity index (χ3v) is 2.86. The smallest absolute Gasteiger partial charge is 0.224 e. The van der Waals surface area contributed by atoms with Gasteiger partial charge in [0.05, 0.1) is 6.20 Å². The van der Waals surface area contributed by atoms with Crippen molar-refractivity contribution in [3.63, 3.8) is 0 Å². The SMILES string of the molecule is CCCNc1ncc(F)c(NCCC(=O)NC2CC2)n1. The van der Waals surface area contributed by atoms with E-state index >= 15 is 0 Å². The minimum Gasteiger partial charge on any atom is -0.367 e. The van der Waals surface area contributed by atoms with Crippen LogP contribution in [0.4, 0.5) is 16.2 Å². The fourth-order valence-corrected chi connectivity index (χ4v) is 1.64. The van der Waals surface area contributed by atoms with E-state index in [0.29, 0.717) is 25.0 Å². The van der Waals surface area contributed by atoms with Gasteiger partial charge in [0.1, 0.15) is 0 Å². The Kier molecular flexibility index (Phi) is 5.09. The molecule has 1 saturated carbocycles. The molecule has 20 heavy (non-hydrogen) atoms. The molecule has 1 aromatic rings. The predicted molar refractivity (Wildman–Crippen MR) is 75.0 cm³/mol. The van der Waals surface area contributed by atoms with Crippen molar-refractivity contribution in [1.82, 2.24) is 15.3 Å². The third kappa shape index (κ3) is 4.64. The quantitative estimate of drug-likeness (QED) is 0.673. The number of hydrogen-bond donors (Lipinski definition) is 3. The molecule has 1 amide bonds. The Bertz CT molecular complexity index is 464. The lowest BCUT2D eigenvalue weighted by Crippen LogP contribution is -2.27. The van der Waals surface area contributed by atoms with Gasteiger partial charge < -0.3 is 16.0 Å². The maximum absolute atomic E-state index is 13.5. The maximum Gasteiger partial charge on any atom is 0.224 e. The molecule has 0 spiro atoms. The normalized spacial score (nSPS) is 13.9. The molecule has 110 valence electrons. The molecule has 1 aromatic heterocycles. The number of aromatic nitrogens is 2. The van der Waals surface area contributed by atoms with E-state index in [1.807, 2.05) is 6.92 Å². The van der Waals surface area contributed by atoms with Crippen molar-refractivity contribution in [2.24, 2.45) is 0 Å². The van der Waals surface area contributed by atoms with Crippen molar-refractivity contribution in [3.05, 3.63) is 12.0 Å². The molecular formula is C13H20FN5O. The van der Waals surface area contributed by atoms with Gasteiger partial charge in [0, 0.05) is 25.6 Å². The molecule has 1 aliphatic rings. The van der Waals surface area contributed by atoms with Gasteiger partial charge in [0.25, 0.3) is 0 Å². The minimum absolute atomic E-state index is 0.0150. The van der Waals surface area contributed by atoms with Crippen LogP contribution in [0.2, 0.25) is 0 Å². The molecule has 0 aliphatic heterocycles. The molecule has 2 rings (SSSR count). The fraction of sp³-hybridized carbons (Fsp3) is 0.615. The molecule has 0 atom stereocenters. The van der Waals surface area contributed by atoms with E-state index in [-0.39, 0.29) is 11.7 Å². The van der Waals surface area contributed by atoms with Crippen molar-refractivity contribution in [1.29, 1.82) is 0 Å². The van der Waals surface area contributed by atoms with E-state index in [4.69, 9.17) is 0 Å². The Hall–Kier alpha value is -1.92. The summed E-state index contributed by atoms with van der Waals surface area (Å²) >= 11 is 0. The molecule has 6 nitrogen and oxygen atoms in total. The summed E-state index contributed by atoms with van der Waals surface area (Å²) in [6.07, 6.45) is 4.48. The van der Waals surface area contributed by atoms with Gasteiger partial charge in [-0.15, -0.1) is 0 Å². The topological polar surface area (TPSA) is 78.9 Å². The lowest BCUT2D eigenvalue weighted by Gasteiger charge is -2.09. The number of halogens is 1. The summed E-state index contributed by atoms with van der Waals surface area (Å²) in [5, 5.41) is 8.69. The number of nitrogens with one attached hydrogen (secondary N) is 3. The molecule has 3 N–H and O–H groups in total. The van der Waals surface area contributed by atoms with Crippen LogP contribution >= 0.6 is 0 Å². The zero-order valence-electron chi connectivity index (χ0n) is 11.6. The van der Waals surface area contributed by atoms with E-state index in [0.717, 1.165) is 32.0 Å². The second-order valence-electron chi connectivity index (χ2n) is 4.84. The highest BCUT2D eigenvalue weighted by Gasteiger charge is 2.22. The molecule has 1 aliphatic carbocycles. The van der Waals surface area contributed by atoms with Crippen LogP contribution in [-0.4, -0.2) is 35.0 Å². The van der Waals surface area contributed by atoms with Gasteiger partial charge in [-0.1, -0.05) is 6.92 Å². The molecule has 0 saturated heterocycles. The Morgan fingerprint density at radius 1 is 1.40 bits per heavy atom. The van der Waals surface area contributed by atoms with Crippen molar-refractivity contribution < 1.29 is 9.18 Å². The average Bonchev–Trinajstić information content (AvgIpc) is 3.23. The zero-order chi connectivity index (χ0) is 14.4. The minimum atomic E-state index is -0.519. The largest absolute Gasteiger partial charge is 0.367 e. The molecule has 0 unspecified atom stereocenters. The van der Waals surface area contributed by atoms with Gasteiger partial charge in [0.2, 0.25) is 11.9 Å². The summed E-state index contributed by atoms with van der Waals surface area (Å²) in [6.45, 7) is 3.10. The summed E-state index contributed by atoms with van der Waals surface area (Å²) in [4.78, 5) is 19.4.